The molecule has 0 unspecified atom stereocenters. The Kier molecular flexibility index (Phi) is 3.73. The van der Waals surface area contributed by atoms with Gasteiger partial charge in [0.15, 0.2) is 0 Å². The number of amides is 2. The highest BCUT2D eigenvalue weighted by Gasteiger charge is 2.27. The number of hydrogen-bond donors (Lipinski definition) is 3. The number of aliphatic hydroxyl groups is 1. The minimum absolute atomic E-state index is 0.00291. The first-order valence-corrected chi connectivity index (χ1v) is 7.93. The molecule has 8 heteroatoms. The second kappa shape index (κ2) is 6.06. The molecule has 1 aliphatic rings. The van der Waals surface area contributed by atoms with Crippen molar-refractivity contribution in [1.29, 1.82) is 0 Å². The highest BCUT2D eigenvalue weighted by atomic mass is 16.3. The lowest BCUT2D eigenvalue weighted by Crippen LogP contribution is -2.32. The summed E-state index contributed by atoms with van der Waals surface area (Å²) >= 11 is 0. The molecule has 0 saturated heterocycles. The smallest absolute Gasteiger partial charge is 0.259 e. The van der Waals surface area contributed by atoms with E-state index in [0.717, 1.165) is 10.9 Å². The first-order chi connectivity index (χ1) is 12.2. The highest BCUT2D eigenvalue weighted by molar-refractivity contribution is 6.13. The number of aliphatic hydroxyl groups excluding tert-OH is 1. The third-order valence-corrected chi connectivity index (χ3v) is 4.19. The predicted octanol–water partition coefficient (Wildman–Crippen LogP) is 1.16. The SMILES string of the molecule is O=C(Nc1ccc2c(cnn2CCO)c1)c1coc2c1C(=O)NCC2. The van der Waals surface area contributed by atoms with E-state index in [0.29, 0.717) is 36.5 Å². The summed E-state index contributed by atoms with van der Waals surface area (Å²) in [6, 6.07) is 5.37. The average Bonchev–Trinajstić information content (AvgIpc) is 3.20. The number of rotatable bonds is 4. The van der Waals surface area contributed by atoms with Gasteiger partial charge in [-0.1, -0.05) is 0 Å². The zero-order valence-corrected chi connectivity index (χ0v) is 13.3. The zero-order chi connectivity index (χ0) is 17.4. The fourth-order valence-corrected chi connectivity index (χ4v) is 3.01. The van der Waals surface area contributed by atoms with Crippen molar-refractivity contribution in [2.45, 2.75) is 13.0 Å². The van der Waals surface area contributed by atoms with Crippen LogP contribution in [0, 0.1) is 0 Å². The van der Waals surface area contributed by atoms with E-state index in [2.05, 4.69) is 15.7 Å². The molecule has 2 amide bonds. The van der Waals surface area contributed by atoms with Crippen LogP contribution in [0.4, 0.5) is 5.69 Å². The summed E-state index contributed by atoms with van der Waals surface area (Å²) < 4.78 is 7.05. The lowest BCUT2D eigenvalue weighted by Gasteiger charge is -2.12. The maximum atomic E-state index is 12.5. The largest absolute Gasteiger partial charge is 0.468 e. The van der Waals surface area contributed by atoms with Gasteiger partial charge in [0.25, 0.3) is 11.8 Å². The van der Waals surface area contributed by atoms with Crippen LogP contribution in [-0.2, 0) is 13.0 Å². The molecular weight excluding hydrogens is 324 g/mol. The highest BCUT2D eigenvalue weighted by Crippen LogP contribution is 2.23. The number of nitrogens with zero attached hydrogens (tertiary/aromatic N) is 2. The molecule has 0 saturated carbocycles. The van der Waals surface area contributed by atoms with Crippen molar-refractivity contribution in [2.24, 2.45) is 0 Å². The molecule has 0 aliphatic carbocycles. The predicted molar refractivity (Wildman–Crippen MR) is 89.5 cm³/mol. The molecule has 0 spiro atoms. The van der Waals surface area contributed by atoms with Gasteiger partial charge in [-0.15, -0.1) is 0 Å². The fraction of sp³-hybridized carbons (Fsp3) is 0.235. The molecule has 3 aromatic rings. The Morgan fingerprint density at radius 1 is 1.44 bits per heavy atom. The van der Waals surface area contributed by atoms with Crippen molar-refractivity contribution in [3.63, 3.8) is 0 Å². The molecule has 25 heavy (non-hydrogen) atoms. The molecule has 128 valence electrons. The Morgan fingerprint density at radius 2 is 2.32 bits per heavy atom. The molecule has 0 atom stereocenters. The van der Waals surface area contributed by atoms with Gasteiger partial charge in [0.2, 0.25) is 0 Å². The van der Waals surface area contributed by atoms with Crippen LogP contribution in [0.25, 0.3) is 10.9 Å². The van der Waals surface area contributed by atoms with E-state index in [1.165, 1.54) is 6.26 Å². The van der Waals surface area contributed by atoms with Crippen LogP contribution in [-0.4, -0.2) is 39.9 Å². The monoisotopic (exact) mass is 340 g/mol. The van der Waals surface area contributed by atoms with Gasteiger partial charge in [0, 0.05) is 24.0 Å². The maximum Gasteiger partial charge on any atom is 0.259 e. The third-order valence-electron chi connectivity index (χ3n) is 4.19. The van der Waals surface area contributed by atoms with Crippen molar-refractivity contribution in [3.8, 4) is 0 Å². The van der Waals surface area contributed by atoms with Gasteiger partial charge in [-0.2, -0.15) is 5.10 Å². The number of fused-ring (bicyclic) bond motifs is 2. The number of aromatic nitrogens is 2. The normalized spacial score (nSPS) is 13.6. The van der Waals surface area contributed by atoms with E-state index in [9.17, 15) is 9.59 Å². The van der Waals surface area contributed by atoms with Crippen molar-refractivity contribution in [3.05, 3.63) is 47.5 Å². The summed E-state index contributed by atoms with van der Waals surface area (Å²) in [5.74, 6) is -0.153. The van der Waals surface area contributed by atoms with Crippen LogP contribution in [0.2, 0.25) is 0 Å². The van der Waals surface area contributed by atoms with Crippen molar-refractivity contribution in [1.82, 2.24) is 15.1 Å². The van der Waals surface area contributed by atoms with Crippen LogP contribution in [0.3, 0.4) is 0 Å². The first kappa shape index (κ1) is 15.4. The number of carbonyl (C=O) groups excluding carboxylic acids is 2. The molecule has 2 aromatic heterocycles. The van der Waals surface area contributed by atoms with Gasteiger partial charge < -0.3 is 20.2 Å². The fourth-order valence-electron chi connectivity index (χ4n) is 3.01. The molecule has 3 heterocycles. The van der Waals surface area contributed by atoms with Gasteiger partial charge in [-0.3, -0.25) is 14.3 Å². The standard InChI is InChI=1S/C17H16N4O4/c22-6-5-21-13-2-1-11(7-10(13)8-19-21)20-16(23)12-9-25-14-3-4-18-17(24)15(12)14/h1-2,7-9,22H,3-6H2,(H,18,24)(H,20,23). The summed E-state index contributed by atoms with van der Waals surface area (Å²) in [7, 11) is 0. The minimum Gasteiger partial charge on any atom is -0.468 e. The van der Waals surface area contributed by atoms with Gasteiger partial charge in [-0.05, 0) is 18.2 Å². The molecule has 1 aliphatic heterocycles. The molecule has 8 nitrogen and oxygen atoms in total. The number of carbonyl (C=O) groups is 2. The van der Waals surface area contributed by atoms with Crippen LogP contribution >= 0.6 is 0 Å². The number of furan rings is 1. The van der Waals surface area contributed by atoms with E-state index < -0.39 is 5.91 Å². The van der Waals surface area contributed by atoms with Crippen LogP contribution in [0.1, 0.15) is 26.5 Å². The van der Waals surface area contributed by atoms with Crippen molar-refractivity contribution >= 4 is 28.4 Å². The first-order valence-electron chi connectivity index (χ1n) is 7.93. The lowest BCUT2D eigenvalue weighted by atomic mass is 10.0. The van der Waals surface area contributed by atoms with E-state index in [4.69, 9.17) is 9.52 Å². The number of anilines is 1. The number of hydrogen-bond acceptors (Lipinski definition) is 5. The molecule has 0 radical (unpaired) electrons. The van der Waals surface area contributed by atoms with Gasteiger partial charge in [0.05, 0.1) is 36.0 Å². The van der Waals surface area contributed by atoms with Crippen LogP contribution < -0.4 is 10.6 Å². The van der Waals surface area contributed by atoms with Crippen molar-refractivity contribution < 1.29 is 19.1 Å². The Morgan fingerprint density at radius 3 is 3.16 bits per heavy atom. The van der Waals surface area contributed by atoms with Crippen molar-refractivity contribution in [2.75, 3.05) is 18.5 Å². The van der Waals surface area contributed by atoms with Crippen LogP contribution in [0.15, 0.2) is 35.1 Å². The second-order valence-electron chi connectivity index (χ2n) is 5.77. The minimum atomic E-state index is -0.399. The maximum absolute atomic E-state index is 12.5. The van der Waals surface area contributed by atoms with E-state index >= 15 is 0 Å². The molecule has 0 bridgehead atoms. The summed E-state index contributed by atoms with van der Waals surface area (Å²) in [5, 5.41) is 19.6. The lowest BCUT2D eigenvalue weighted by molar-refractivity contribution is 0.0932. The zero-order valence-electron chi connectivity index (χ0n) is 13.3. The number of benzene rings is 1. The molecule has 1 aromatic carbocycles. The Balaban J connectivity index is 1.60. The Hall–Kier alpha value is -3.13. The van der Waals surface area contributed by atoms with Gasteiger partial charge in [0.1, 0.15) is 12.0 Å². The molecule has 0 fully saturated rings. The third kappa shape index (κ3) is 2.66. The Bertz CT molecular complexity index is 972. The van der Waals surface area contributed by atoms with E-state index in [1.807, 2.05) is 6.07 Å². The quantitative estimate of drug-likeness (QED) is 0.660. The topological polar surface area (TPSA) is 109 Å². The summed E-state index contributed by atoms with van der Waals surface area (Å²) in [5.41, 5.74) is 1.99. The molecular formula is C17H16N4O4. The van der Waals surface area contributed by atoms with Crippen LogP contribution in [0.5, 0.6) is 0 Å². The Labute approximate surface area is 142 Å². The number of nitrogens with one attached hydrogen (secondary N) is 2. The molecule has 3 N–H and O–H groups in total. The summed E-state index contributed by atoms with van der Waals surface area (Å²) in [6.07, 6.45) is 3.57. The average molecular weight is 340 g/mol. The summed E-state index contributed by atoms with van der Waals surface area (Å²) in [6.45, 7) is 0.920. The van der Waals surface area contributed by atoms with E-state index in [1.54, 1.807) is 23.0 Å². The molecule has 4 rings (SSSR count). The van der Waals surface area contributed by atoms with E-state index in [-0.39, 0.29) is 18.1 Å². The second-order valence-corrected chi connectivity index (χ2v) is 5.77. The van der Waals surface area contributed by atoms with Gasteiger partial charge >= 0.3 is 0 Å². The van der Waals surface area contributed by atoms with Gasteiger partial charge in [-0.25, -0.2) is 0 Å². The summed E-state index contributed by atoms with van der Waals surface area (Å²) in [4.78, 5) is 24.5.